The van der Waals surface area contributed by atoms with Crippen molar-refractivity contribution in [1.82, 2.24) is 0 Å². The number of benzene rings is 1. The van der Waals surface area contributed by atoms with Crippen molar-refractivity contribution in [3.8, 4) is 0 Å². The highest BCUT2D eigenvalue weighted by Gasteiger charge is 2.05. The van der Waals surface area contributed by atoms with E-state index in [0.717, 1.165) is 11.3 Å². The van der Waals surface area contributed by atoms with E-state index in [-0.39, 0.29) is 12.0 Å². The molecular weight excluding hydrogens is 268 g/mol. The third-order valence-corrected chi connectivity index (χ3v) is 2.91. The summed E-state index contributed by atoms with van der Waals surface area (Å²) in [5.74, 6) is -0.0225. The SMILES string of the molecule is Cc1ccc(N)cc1NC(=O)CCCOCCOC(C)C. The fraction of sp³-hybridized carbons (Fsp3) is 0.562. The molecule has 0 aliphatic heterocycles. The molecule has 0 fully saturated rings. The van der Waals surface area contributed by atoms with Crippen LogP contribution in [0.4, 0.5) is 11.4 Å². The third kappa shape index (κ3) is 7.68. The fourth-order valence-electron chi connectivity index (χ4n) is 1.77. The van der Waals surface area contributed by atoms with Gasteiger partial charge in [0.2, 0.25) is 5.91 Å². The average molecular weight is 294 g/mol. The molecule has 0 radical (unpaired) electrons. The monoisotopic (exact) mass is 294 g/mol. The Morgan fingerprint density at radius 3 is 2.76 bits per heavy atom. The molecule has 1 aromatic rings. The van der Waals surface area contributed by atoms with E-state index in [1.54, 1.807) is 6.07 Å². The molecular formula is C16H26N2O3. The van der Waals surface area contributed by atoms with Crippen molar-refractivity contribution in [3.05, 3.63) is 23.8 Å². The Hall–Kier alpha value is -1.59. The lowest BCUT2D eigenvalue weighted by Crippen LogP contribution is -2.14. The first-order valence-corrected chi connectivity index (χ1v) is 7.34. The number of hydrogen-bond donors (Lipinski definition) is 2. The van der Waals surface area contributed by atoms with Crippen molar-refractivity contribution >= 4 is 17.3 Å². The molecule has 21 heavy (non-hydrogen) atoms. The molecule has 0 heterocycles. The number of nitrogens with two attached hydrogens (primary N) is 1. The summed E-state index contributed by atoms with van der Waals surface area (Å²) in [6.45, 7) is 7.63. The molecule has 0 unspecified atom stereocenters. The highest BCUT2D eigenvalue weighted by atomic mass is 16.5. The van der Waals surface area contributed by atoms with E-state index in [4.69, 9.17) is 15.2 Å². The molecule has 0 saturated heterocycles. The maximum absolute atomic E-state index is 11.8. The van der Waals surface area contributed by atoms with Crippen molar-refractivity contribution in [3.63, 3.8) is 0 Å². The number of carbonyl (C=O) groups is 1. The second kappa shape index (κ2) is 9.37. The first-order valence-electron chi connectivity index (χ1n) is 7.34. The van der Waals surface area contributed by atoms with Crippen LogP contribution in [-0.4, -0.2) is 31.8 Å². The molecule has 3 N–H and O–H groups in total. The van der Waals surface area contributed by atoms with Gasteiger partial charge in [0, 0.05) is 24.4 Å². The standard InChI is InChI=1S/C16H26N2O3/c1-12(2)21-10-9-20-8-4-5-16(19)18-15-11-14(17)7-6-13(15)3/h6-7,11-12H,4-5,8-10,17H2,1-3H3,(H,18,19). The number of amides is 1. The molecule has 0 aromatic heterocycles. The Bertz CT molecular complexity index is 447. The third-order valence-electron chi connectivity index (χ3n) is 2.91. The topological polar surface area (TPSA) is 73.6 Å². The van der Waals surface area contributed by atoms with Gasteiger partial charge in [-0.2, -0.15) is 0 Å². The van der Waals surface area contributed by atoms with Crippen LogP contribution >= 0.6 is 0 Å². The van der Waals surface area contributed by atoms with Crippen LogP contribution in [0.2, 0.25) is 0 Å². The van der Waals surface area contributed by atoms with Gasteiger partial charge in [-0.15, -0.1) is 0 Å². The highest BCUT2D eigenvalue weighted by molar-refractivity contribution is 5.91. The molecule has 1 amide bonds. The molecule has 0 bridgehead atoms. The fourth-order valence-corrected chi connectivity index (χ4v) is 1.77. The van der Waals surface area contributed by atoms with E-state index in [0.29, 0.717) is 38.3 Å². The van der Waals surface area contributed by atoms with Crippen molar-refractivity contribution in [2.45, 2.75) is 39.7 Å². The Morgan fingerprint density at radius 1 is 1.29 bits per heavy atom. The van der Waals surface area contributed by atoms with Crippen LogP contribution in [0.3, 0.4) is 0 Å². The summed E-state index contributed by atoms with van der Waals surface area (Å²) in [4.78, 5) is 11.8. The number of carbonyl (C=O) groups excluding carboxylic acids is 1. The van der Waals surface area contributed by atoms with E-state index in [9.17, 15) is 4.79 Å². The Morgan fingerprint density at radius 2 is 2.05 bits per heavy atom. The highest BCUT2D eigenvalue weighted by Crippen LogP contribution is 2.18. The summed E-state index contributed by atoms with van der Waals surface area (Å²) in [5.41, 5.74) is 8.12. The summed E-state index contributed by atoms with van der Waals surface area (Å²) in [6.07, 6.45) is 1.34. The molecule has 5 nitrogen and oxygen atoms in total. The predicted molar refractivity (Wildman–Crippen MR) is 85.4 cm³/mol. The molecule has 5 heteroatoms. The second-order valence-corrected chi connectivity index (χ2v) is 5.26. The second-order valence-electron chi connectivity index (χ2n) is 5.26. The van der Waals surface area contributed by atoms with Crippen molar-refractivity contribution in [2.75, 3.05) is 30.9 Å². The Balaban J connectivity index is 2.15. The predicted octanol–water partition coefficient (Wildman–Crippen LogP) is 2.74. The summed E-state index contributed by atoms with van der Waals surface area (Å²) in [6, 6.07) is 5.48. The van der Waals surface area contributed by atoms with Gasteiger partial charge < -0.3 is 20.5 Å². The minimum atomic E-state index is -0.0225. The lowest BCUT2D eigenvalue weighted by atomic mass is 10.1. The van der Waals surface area contributed by atoms with Crippen molar-refractivity contribution < 1.29 is 14.3 Å². The molecule has 0 atom stereocenters. The minimum absolute atomic E-state index is 0.0225. The maximum Gasteiger partial charge on any atom is 0.224 e. The van der Waals surface area contributed by atoms with E-state index < -0.39 is 0 Å². The number of hydrogen-bond acceptors (Lipinski definition) is 4. The molecule has 0 saturated carbocycles. The lowest BCUT2D eigenvalue weighted by Gasteiger charge is -2.10. The normalized spacial score (nSPS) is 10.9. The number of nitrogen functional groups attached to an aromatic ring is 1. The first kappa shape index (κ1) is 17.5. The van der Waals surface area contributed by atoms with Gasteiger partial charge >= 0.3 is 0 Å². The molecule has 0 spiro atoms. The number of aryl methyl sites for hydroxylation is 1. The maximum atomic E-state index is 11.8. The van der Waals surface area contributed by atoms with Crippen LogP contribution in [0.15, 0.2) is 18.2 Å². The number of nitrogens with one attached hydrogen (secondary N) is 1. The van der Waals surface area contributed by atoms with Crippen LogP contribution in [0, 0.1) is 6.92 Å². The van der Waals surface area contributed by atoms with E-state index in [1.165, 1.54) is 0 Å². The molecule has 0 aliphatic rings. The zero-order chi connectivity index (χ0) is 15.7. The van der Waals surface area contributed by atoms with Gasteiger partial charge in [0.15, 0.2) is 0 Å². The van der Waals surface area contributed by atoms with Crippen LogP contribution in [0.25, 0.3) is 0 Å². The summed E-state index contributed by atoms with van der Waals surface area (Å²) < 4.78 is 10.8. The summed E-state index contributed by atoms with van der Waals surface area (Å²) in [7, 11) is 0. The molecule has 1 aromatic carbocycles. The summed E-state index contributed by atoms with van der Waals surface area (Å²) >= 11 is 0. The van der Waals surface area contributed by atoms with E-state index >= 15 is 0 Å². The van der Waals surface area contributed by atoms with Gasteiger partial charge in [0.05, 0.1) is 19.3 Å². The molecule has 1 rings (SSSR count). The van der Waals surface area contributed by atoms with Gasteiger partial charge in [-0.25, -0.2) is 0 Å². The quantitative estimate of drug-likeness (QED) is 0.542. The van der Waals surface area contributed by atoms with Gasteiger partial charge in [0.25, 0.3) is 0 Å². The van der Waals surface area contributed by atoms with E-state index in [1.807, 2.05) is 32.9 Å². The van der Waals surface area contributed by atoms with Crippen LogP contribution in [0.1, 0.15) is 32.3 Å². The van der Waals surface area contributed by atoms with Gasteiger partial charge in [-0.3, -0.25) is 4.79 Å². The molecule has 118 valence electrons. The summed E-state index contributed by atoms with van der Waals surface area (Å²) in [5, 5.41) is 2.87. The minimum Gasteiger partial charge on any atom is -0.399 e. The van der Waals surface area contributed by atoms with Crippen LogP contribution < -0.4 is 11.1 Å². The number of anilines is 2. The van der Waals surface area contributed by atoms with Crippen LogP contribution in [0.5, 0.6) is 0 Å². The lowest BCUT2D eigenvalue weighted by molar-refractivity contribution is -0.116. The van der Waals surface area contributed by atoms with Gasteiger partial charge in [-0.1, -0.05) is 6.07 Å². The number of ether oxygens (including phenoxy) is 2. The van der Waals surface area contributed by atoms with Crippen molar-refractivity contribution in [1.29, 1.82) is 0 Å². The van der Waals surface area contributed by atoms with Crippen LogP contribution in [-0.2, 0) is 14.3 Å². The first-order chi connectivity index (χ1) is 9.99. The van der Waals surface area contributed by atoms with E-state index in [2.05, 4.69) is 5.32 Å². The Kier molecular flexibility index (Phi) is 7.79. The molecule has 0 aliphatic carbocycles. The largest absolute Gasteiger partial charge is 0.399 e. The zero-order valence-electron chi connectivity index (χ0n) is 13.1. The zero-order valence-corrected chi connectivity index (χ0v) is 13.1. The Labute approximate surface area is 126 Å². The van der Waals surface area contributed by atoms with Gasteiger partial charge in [-0.05, 0) is 44.9 Å². The van der Waals surface area contributed by atoms with Gasteiger partial charge in [0.1, 0.15) is 0 Å². The van der Waals surface area contributed by atoms with Crippen molar-refractivity contribution in [2.24, 2.45) is 0 Å². The average Bonchev–Trinajstić information content (AvgIpc) is 2.41. The smallest absolute Gasteiger partial charge is 0.224 e. The number of rotatable bonds is 9.